The lowest BCUT2D eigenvalue weighted by Crippen LogP contribution is -2.29. The summed E-state index contributed by atoms with van der Waals surface area (Å²) in [5.74, 6) is 0. The van der Waals surface area contributed by atoms with Crippen LogP contribution in [0.5, 0.6) is 0 Å². The van der Waals surface area contributed by atoms with Gasteiger partial charge in [-0.05, 0) is 17.7 Å². The van der Waals surface area contributed by atoms with E-state index in [-0.39, 0.29) is 27.0 Å². The molecule has 2 rings (SSSR count). The van der Waals surface area contributed by atoms with Crippen LogP contribution in [0.4, 0.5) is 13.2 Å². The van der Waals surface area contributed by atoms with E-state index in [9.17, 15) is 18.4 Å². The summed E-state index contributed by atoms with van der Waals surface area (Å²) in [5, 5.41) is 13.2. The first-order valence-corrected chi connectivity index (χ1v) is 11.8. The summed E-state index contributed by atoms with van der Waals surface area (Å²) in [7, 11) is -1.62. The average Bonchev–Trinajstić information content (AvgIpc) is 2.87. The number of hydrogen-bond acceptors (Lipinski definition) is 2. The van der Waals surface area contributed by atoms with Crippen molar-refractivity contribution in [2.24, 2.45) is 0 Å². The largest absolute Gasteiger partial charge is 0.416 e. The lowest BCUT2D eigenvalue weighted by atomic mass is 10.2. The summed E-state index contributed by atoms with van der Waals surface area (Å²) in [6.07, 6.45) is -2.92. The Morgan fingerprint density at radius 2 is 1.72 bits per heavy atom. The molecule has 0 fully saturated rings. The van der Waals surface area contributed by atoms with E-state index < -0.39 is 19.8 Å². The van der Waals surface area contributed by atoms with Gasteiger partial charge in [-0.25, -0.2) is 4.68 Å². The quantitative estimate of drug-likeness (QED) is 0.583. The molecule has 1 atom stereocenters. The third-order valence-corrected chi connectivity index (χ3v) is 7.67. The Balaban J connectivity index is 2.61. The molecular weight excluding hydrogens is 390 g/mol. The molecule has 3 nitrogen and oxygen atoms in total. The van der Waals surface area contributed by atoms with E-state index in [2.05, 4.69) is 24.7 Å². The van der Waals surface area contributed by atoms with Crippen LogP contribution in [0.3, 0.4) is 0 Å². The smallest absolute Gasteiger partial charge is 0.236 e. The first-order valence-electron chi connectivity index (χ1n) is 7.42. The zero-order valence-electron chi connectivity index (χ0n) is 14.0. The number of alkyl halides is 3. The molecule has 0 spiro atoms. The van der Waals surface area contributed by atoms with E-state index in [1.54, 1.807) is 6.20 Å². The van der Waals surface area contributed by atoms with Gasteiger partial charge in [-0.1, -0.05) is 49.8 Å². The molecule has 1 unspecified atom stereocenters. The molecule has 0 N–H and O–H groups in total. The Labute approximate surface area is 155 Å². The lowest BCUT2D eigenvalue weighted by Gasteiger charge is -2.24. The fourth-order valence-corrected chi connectivity index (χ4v) is 4.12. The predicted octanol–water partition coefficient (Wildman–Crippen LogP) is 6.05. The molecule has 1 aromatic carbocycles. The van der Waals surface area contributed by atoms with Crippen molar-refractivity contribution in [3.8, 4) is 11.8 Å². The van der Waals surface area contributed by atoms with Crippen LogP contribution < -0.4 is 0 Å². The zero-order chi connectivity index (χ0) is 19.2. The Morgan fingerprint density at radius 3 is 2.12 bits per heavy atom. The number of benzene rings is 1. The van der Waals surface area contributed by atoms with Crippen LogP contribution in [0.1, 0.15) is 29.3 Å². The van der Waals surface area contributed by atoms with Gasteiger partial charge in [0.1, 0.15) is 11.8 Å². The van der Waals surface area contributed by atoms with Crippen molar-refractivity contribution in [3.63, 3.8) is 0 Å². The summed E-state index contributed by atoms with van der Waals surface area (Å²) in [5.41, 5.74) is 0.287. The van der Waals surface area contributed by atoms with Crippen molar-refractivity contribution in [2.75, 3.05) is 0 Å². The van der Waals surface area contributed by atoms with Gasteiger partial charge in [0.05, 0.1) is 23.7 Å². The van der Waals surface area contributed by atoms with Gasteiger partial charge in [-0.3, -0.25) is 0 Å². The molecule has 0 aliphatic heterocycles. The van der Waals surface area contributed by atoms with Crippen molar-refractivity contribution in [2.45, 2.75) is 38.3 Å². The number of nitriles is 1. The topological polar surface area (TPSA) is 41.6 Å². The highest BCUT2D eigenvalue weighted by molar-refractivity contribution is 6.77. The van der Waals surface area contributed by atoms with E-state index >= 15 is 0 Å². The molecule has 0 aliphatic carbocycles. The first-order chi connectivity index (χ1) is 11.4. The minimum atomic E-state index is -4.55. The van der Waals surface area contributed by atoms with Crippen LogP contribution in [0.25, 0.3) is 5.69 Å². The average molecular weight is 406 g/mol. The molecule has 9 heteroatoms. The van der Waals surface area contributed by atoms with Crippen LogP contribution >= 0.6 is 23.2 Å². The number of rotatable bonds is 3. The minimum absolute atomic E-state index is 0.127. The van der Waals surface area contributed by atoms with Gasteiger partial charge < -0.3 is 0 Å². The lowest BCUT2D eigenvalue weighted by molar-refractivity contribution is -0.137. The van der Waals surface area contributed by atoms with Gasteiger partial charge in [0, 0.05) is 11.8 Å². The van der Waals surface area contributed by atoms with E-state index in [0.717, 1.165) is 17.7 Å². The van der Waals surface area contributed by atoms with Crippen molar-refractivity contribution in [3.05, 3.63) is 45.2 Å². The summed E-state index contributed by atoms with van der Waals surface area (Å²) in [6.45, 7) is 8.50. The molecule has 1 aromatic heterocycles. The summed E-state index contributed by atoms with van der Waals surface area (Å²) in [6, 6.07) is 3.64. The van der Waals surface area contributed by atoms with Crippen molar-refractivity contribution < 1.29 is 13.2 Å². The van der Waals surface area contributed by atoms with Crippen LogP contribution in [0, 0.1) is 11.3 Å². The third-order valence-electron chi connectivity index (χ3n) is 4.19. The predicted molar refractivity (Wildman–Crippen MR) is 95.1 cm³/mol. The minimum Gasteiger partial charge on any atom is -0.236 e. The number of nitrogens with zero attached hydrogens (tertiary/aromatic N) is 3. The van der Waals surface area contributed by atoms with Crippen molar-refractivity contribution >= 4 is 31.3 Å². The second kappa shape index (κ2) is 6.67. The van der Waals surface area contributed by atoms with Gasteiger partial charge in [0.25, 0.3) is 0 Å². The number of halogens is 5. The number of hydrogen-bond donors (Lipinski definition) is 0. The second-order valence-corrected chi connectivity index (χ2v) is 13.3. The monoisotopic (exact) mass is 405 g/mol. The maximum Gasteiger partial charge on any atom is 0.416 e. The Bertz CT molecular complexity index is 825. The molecule has 0 radical (unpaired) electrons. The normalized spacial score (nSPS) is 13.6. The highest BCUT2D eigenvalue weighted by Crippen LogP contribution is 2.38. The van der Waals surface area contributed by atoms with E-state index in [1.165, 1.54) is 4.68 Å². The fraction of sp³-hybridized carbons (Fsp3) is 0.375. The molecule has 25 heavy (non-hydrogen) atoms. The molecular formula is C16H16Cl2F3N3Si. The van der Waals surface area contributed by atoms with Crippen LogP contribution in [-0.4, -0.2) is 17.9 Å². The maximum atomic E-state index is 12.9. The van der Waals surface area contributed by atoms with E-state index in [0.29, 0.717) is 0 Å². The standard InChI is InChI=1S/C16H16Cl2F3N3Si/c1-9(25(2,3)4)11-8-24(23-14(11)7-22)15-12(17)5-10(6-13(15)18)16(19,20)21/h5-6,8-9H,1-4H3. The van der Waals surface area contributed by atoms with Crippen LogP contribution in [0.15, 0.2) is 18.3 Å². The van der Waals surface area contributed by atoms with Crippen LogP contribution in [0.2, 0.25) is 29.7 Å². The molecule has 0 saturated carbocycles. The molecule has 0 amide bonds. The first kappa shape index (κ1) is 19.8. The molecule has 0 bridgehead atoms. The third kappa shape index (κ3) is 4.02. The van der Waals surface area contributed by atoms with Gasteiger partial charge in [0.2, 0.25) is 0 Å². The SMILES string of the molecule is CC(c1cn(-c2c(Cl)cc(C(F)(F)F)cc2Cl)nc1C#N)[Si](C)(C)C. The molecule has 0 saturated heterocycles. The van der Waals surface area contributed by atoms with Gasteiger partial charge in [0.15, 0.2) is 5.69 Å². The van der Waals surface area contributed by atoms with Gasteiger partial charge >= 0.3 is 6.18 Å². The Hall–Kier alpha value is -1.49. The zero-order valence-corrected chi connectivity index (χ0v) is 16.6. The summed E-state index contributed by atoms with van der Waals surface area (Å²) in [4.78, 5) is 0. The molecule has 0 aliphatic rings. The summed E-state index contributed by atoms with van der Waals surface area (Å²) < 4.78 is 39.9. The Morgan fingerprint density at radius 1 is 1.20 bits per heavy atom. The van der Waals surface area contributed by atoms with Gasteiger partial charge in [-0.15, -0.1) is 0 Å². The van der Waals surface area contributed by atoms with Crippen molar-refractivity contribution in [1.82, 2.24) is 9.78 Å². The highest BCUT2D eigenvalue weighted by atomic mass is 35.5. The van der Waals surface area contributed by atoms with E-state index in [4.69, 9.17) is 23.2 Å². The van der Waals surface area contributed by atoms with Crippen LogP contribution in [-0.2, 0) is 6.18 Å². The van der Waals surface area contributed by atoms with E-state index in [1.807, 2.05) is 13.0 Å². The fourth-order valence-electron chi connectivity index (χ4n) is 2.32. The second-order valence-electron chi connectivity index (χ2n) is 6.86. The van der Waals surface area contributed by atoms with Crippen molar-refractivity contribution in [1.29, 1.82) is 5.26 Å². The molecule has 2 aromatic rings. The maximum absolute atomic E-state index is 12.9. The molecule has 134 valence electrons. The molecule has 1 heterocycles. The highest BCUT2D eigenvalue weighted by Gasteiger charge is 2.33. The number of aromatic nitrogens is 2. The summed E-state index contributed by atoms with van der Waals surface area (Å²) >= 11 is 12.1. The van der Waals surface area contributed by atoms with Gasteiger partial charge in [-0.2, -0.15) is 23.5 Å². The Kier molecular flexibility index (Phi) is 5.29.